The minimum Gasteiger partial charge on any atom is -0.478 e. The predicted octanol–water partition coefficient (Wildman–Crippen LogP) is 2.39. The molecular formula is C12H19NO2. The molecule has 0 saturated carbocycles. The Labute approximate surface area is 91.1 Å². The molecule has 0 aliphatic rings. The van der Waals surface area contributed by atoms with E-state index in [0.29, 0.717) is 12.5 Å². The lowest BCUT2D eigenvalue weighted by Gasteiger charge is -2.06. The second-order valence-electron chi connectivity index (χ2n) is 4.05. The zero-order valence-electron chi connectivity index (χ0n) is 9.44. The second kappa shape index (κ2) is 6.40. The summed E-state index contributed by atoms with van der Waals surface area (Å²) in [5.41, 5.74) is 0.810. The fourth-order valence-electron chi connectivity index (χ4n) is 1.26. The van der Waals surface area contributed by atoms with Gasteiger partial charge in [0.1, 0.15) is 0 Å². The van der Waals surface area contributed by atoms with E-state index in [2.05, 4.69) is 18.8 Å². The van der Waals surface area contributed by atoms with E-state index in [0.717, 1.165) is 17.9 Å². The average Bonchev–Trinajstić information content (AvgIpc) is 2.25. The van der Waals surface area contributed by atoms with Gasteiger partial charge in [0.15, 0.2) is 0 Å². The molecule has 1 N–H and O–H groups in total. The minimum atomic E-state index is 0.0284. The van der Waals surface area contributed by atoms with Crippen molar-refractivity contribution in [1.29, 1.82) is 0 Å². The summed E-state index contributed by atoms with van der Waals surface area (Å²) in [4.78, 5) is 4.08. The second-order valence-corrected chi connectivity index (χ2v) is 4.05. The number of ether oxygens (including phenoxy) is 1. The molecule has 3 heteroatoms. The molecule has 0 aromatic carbocycles. The Morgan fingerprint density at radius 1 is 1.40 bits per heavy atom. The maximum atomic E-state index is 8.82. The van der Waals surface area contributed by atoms with Gasteiger partial charge in [0.2, 0.25) is 5.88 Å². The van der Waals surface area contributed by atoms with Crippen molar-refractivity contribution in [3.8, 4) is 5.88 Å². The van der Waals surface area contributed by atoms with E-state index in [1.165, 1.54) is 6.42 Å². The van der Waals surface area contributed by atoms with Gasteiger partial charge in [0.25, 0.3) is 0 Å². The van der Waals surface area contributed by atoms with Crippen LogP contribution >= 0.6 is 0 Å². The third-order valence-electron chi connectivity index (χ3n) is 2.16. The van der Waals surface area contributed by atoms with E-state index in [1.54, 1.807) is 12.3 Å². The number of hydrogen-bond acceptors (Lipinski definition) is 3. The molecule has 0 radical (unpaired) electrons. The van der Waals surface area contributed by atoms with Crippen molar-refractivity contribution in [2.75, 3.05) is 6.61 Å². The average molecular weight is 209 g/mol. The van der Waals surface area contributed by atoms with Crippen LogP contribution in [0.3, 0.4) is 0 Å². The van der Waals surface area contributed by atoms with E-state index in [4.69, 9.17) is 9.84 Å². The Hall–Kier alpha value is -1.09. The molecule has 0 amide bonds. The minimum absolute atomic E-state index is 0.0284. The van der Waals surface area contributed by atoms with Gasteiger partial charge in [0, 0.05) is 12.3 Å². The van der Waals surface area contributed by atoms with Gasteiger partial charge in [0.05, 0.1) is 13.2 Å². The summed E-state index contributed by atoms with van der Waals surface area (Å²) < 4.78 is 5.46. The fraction of sp³-hybridized carbons (Fsp3) is 0.583. The van der Waals surface area contributed by atoms with Crippen molar-refractivity contribution in [2.45, 2.75) is 33.3 Å². The van der Waals surface area contributed by atoms with Crippen molar-refractivity contribution in [1.82, 2.24) is 4.98 Å². The Morgan fingerprint density at radius 3 is 2.73 bits per heavy atom. The Bertz CT molecular complexity index is 269. The van der Waals surface area contributed by atoms with Gasteiger partial charge in [-0.15, -0.1) is 0 Å². The zero-order valence-corrected chi connectivity index (χ0v) is 9.44. The summed E-state index contributed by atoms with van der Waals surface area (Å²) in [5.74, 6) is 1.36. The molecule has 84 valence electrons. The van der Waals surface area contributed by atoms with Crippen LogP contribution in [-0.4, -0.2) is 16.7 Å². The molecule has 0 unspecified atom stereocenters. The summed E-state index contributed by atoms with van der Waals surface area (Å²) in [6.07, 6.45) is 3.87. The Kier molecular flexibility index (Phi) is 5.12. The standard InChI is InChI=1S/C12H19NO2/c1-10(2)4-3-7-15-12-6-5-11(9-14)8-13-12/h5-6,8,10,14H,3-4,7,9H2,1-2H3. The van der Waals surface area contributed by atoms with Crippen LogP contribution in [0, 0.1) is 5.92 Å². The lowest BCUT2D eigenvalue weighted by molar-refractivity contribution is 0.276. The van der Waals surface area contributed by atoms with Gasteiger partial charge in [-0.2, -0.15) is 0 Å². The van der Waals surface area contributed by atoms with Crippen molar-refractivity contribution >= 4 is 0 Å². The highest BCUT2D eigenvalue weighted by Gasteiger charge is 1.97. The molecule has 1 rings (SSSR count). The highest BCUT2D eigenvalue weighted by atomic mass is 16.5. The van der Waals surface area contributed by atoms with Crippen molar-refractivity contribution in [3.63, 3.8) is 0 Å². The van der Waals surface area contributed by atoms with Crippen LogP contribution in [0.1, 0.15) is 32.3 Å². The molecule has 1 aromatic heterocycles. The van der Waals surface area contributed by atoms with Gasteiger partial charge < -0.3 is 9.84 Å². The molecule has 0 atom stereocenters. The van der Waals surface area contributed by atoms with Crippen LogP contribution in [0.4, 0.5) is 0 Å². The van der Waals surface area contributed by atoms with Crippen LogP contribution in [0.15, 0.2) is 18.3 Å². The first-order chi connectivity index (χ1) is 7.22. The van der Waals surface area contributed by atoms with E-state index in [9.17, 15) is 0 Å². The number of nitrogens with zero attached hydrogens (tertiary/aromatic N) is 1. The first-order valence-corrected chi connectivity index (χ1v) is 5.41. The van der Waals surface area contributed by atoms with E-state index in [1.807, 2.05) is 6.07 Å². The van der Waals surface area contributed by atoms with E-state index in [-0.39, 0.29) is 6.61 Å². The number of hydrogen-bond donors (Lipinski definition) is 1. The SMILES string of the molecule is CC(C)CCCOc1ccc(CO)cn1. The molecule has 15 heavy (non-hydrogen) atoms. The van der Waals surface area contributed by atoms with Crippen LogP contribution in [0.5, 0.6) is 5.88 Å². The predicted molar refractivity (Wildman–Crippen MR) is 59.7 cm³/mol. The molecule has 0 saturated heterocycles. The maximum absolute atomic E-state index is 8.82. The summed E-state index contributed by atoms with van der Waals surface area (Å²) in [6.45, 7) is 5.15. The van der Waals surface area contributed by atoms with Gasteiger partial charge in [-0.05, 0) is 30.4 Å². The molecule has 3 nitrogen and oxygen atoms in total. The highest BCUT2D eigenvalue weighted by Crippen LogP contribution is 2.09. The fourth-order valence-corrected chi connectivity index (χ4v) is 1.26. The summed E-state index contributed by atoms with van der Waals surface area (Å²) in [7, 11) is 0. The van der Waals surface area contributed by atoms with Crippen molar-refractivity contribution < 1.29 is 9.84 Å². The molecule has 0 aliphatic heterocycles. The number of aliphatic hydroxyl groups is 1. The molecular weight excluding hydrogens is 190 g/mol. The first kappa shape index (κ1) is 12.0. The van der Waals surface area contributed by atoms with E-state index < -0.39 is 0 Å². The highest BCUT2D eigenvalue weighted by molar-refractivity contribution is 5.16. The van der Waals surface area contributed by atoms with Crippen LogP contribution in [-0.2, 0) is 6.61 Å². The van der Waals surface area contributed by atoms with Gasteiger partial charge in [-0.25, -0.2) is 4.98 Å². The topological polar surface area (TPSA) is 42.4 Å². The number of aliphatic hydroxyl groups excluding tert-OH is 1. The van der Waals surface area contributed by atoms with Crippen LogP contribution < -0.4 is 4.74 Å². The number of pyridine rings is 1. The quantitative estimate of drug-likeness (QED) is 0.731. The smallest absolute Gasteiger partial charge is 0.213 e. The van der Waals surface area contributed by atoms with E-state index >= 15 is 0 Å². The zero-order chi connectivity index (χ0) is 11.1. The van der Waals surface area contributed by atoms with Crippen molar-refractivity contribution in [3.05, 3.63) is 23.9 Å². The lowest BCUT2D eigenvalue weighted by atomic mass is 10.1. The lowest BCUT2D eigenvalue weighted by Crippen LogP contribution is -2.01. The molecule has 0 fully saturated rings. The molecule has 1 heterocycles. The van der Waals surface area contributed by atoms with Crippen molar-refractivity contribution in [2.24, 2.45) is 5.92 Å². The van der Waals surface area contributed by atoms with Crippen LogP contribution in [0.25, 0.3) is 0 Å². The first-order valence-electron chi connectivity index (χ1n) is 5.41. The molecule has 1 aromatic rings. The molecule has 0 spiro atoms. The van der Waals surface area contributed by atoms with Gasteiger partial charge in [-0.3, -0.25) is 0 Å². The van der Waals surface area contributed by atoms with Crippen LogP contribution in [0.2, 0.25) is 0 Å². The maximum Gasteiger partial charge on any atom is 0.213 e. The monoisotopic (exact) mass is 209 g/mol. The van der Waals surface area contributed by atoms with Gasteiger partial charge >= 0.3 is 0 Å². The third-order valence-corrected chi connectivity index (χ3v) is 2.16. The largest absolute Gasteiger partial charge is 0.478 e. The summed E-state index contributed by atoms with van der Waals surface area (Å²) >= 11 is 0. The number of aromatic nitrogens is 1. The molecule has 0 aliphatic carbocycles. The Balaban J connectivity index is 2.25. The van der Waals surface area contributed by atoms with Gasteiger partial charge in [-0.1, -0.05) is 13.8 Å². The Morgan fingerprint density at radius 2 is 2.20 bits per heavy atom. The molecule has 0 bridgehead atoms. The number of rotatable bonds is 6. The third kappa shape index (κ3) is 4.79. The normalized spacial score (nSPS) is 10.7. The summed E-state index contributed by atoms with van der Waals surface area (Å²) in [5, 5.41) is 8.82. The summed E-state index contributed by atoms with van der Waals surface area (Å²) in [6, 6.07) is 3.62.